The van der Waals surface area contributed by atoms with E-state index >= 15 is 0 Å². The van der Waals surface area contributed by atoms with Gasteiger partial charge in [-0.1, -0.05) is 6.92 Å². The lowest BCUT2D eigenvalue weighted by atomic mass is 10.1. The molecule has 0 saturated heterocycles. The molecule has 0 amide bonds. The molecule has 1 atom stereocenters. The van der Waals surface area contributed by atoms with Gasteiger partial charge in [0.05, 0.1) is 13.2 Å². The van der Waals surface area contributed by atoms with Crippen LogP contribution in [0.5, 0.6) is 5.75 Å². The van der Waals surface area contributed by atoms with Crippen LogP contribution in [0.3, 0.4) is 0 Å². The Morgan fingerprint density at radius 1 is 1.38 bits per heavy atom. The quantitative estimate of drug-likeness (QED) is 0.749. The summed E-state index contributed by atoms with van der Waals surface area (Å²) in [7, 11) is 1.61. The molecule has 0 aliphatic carbocycles. The van der Waals surface area contributed by atoms with Gasteiger partial charge in [-0.3, -0.25) is 4.79 Å². The van der Waals surface area contributed by atoms with Crippen molar-refractivity contribution in [3.63, 3.8) is 0 Å². The van der Waals surface area contributed by atoms with Crippen LogP contribution in [-0.2, 0) is 0 Å². The van der Waals surface area contributed by atoms with E-state index in [9.17, 15) is 4.79 Å². The third-order valence-electron chi connectivity index (χ3n) is 2.47. The van der Waals surface area contributed by atoms with Crippen molar-refractivity contribution in [2.24, 2.45) is 0 Å². The number of carbonyl (C=O) groups is 1. The van der Waals surface area contributed by atoms with E-state index < -0.39 is 0 Å². The van der Waals surface area contributed by atoms with Crippen molar-refractivity contribution in [1.82, 2.24) is 5.32 Å². The topological polar surface area (TPSA) is 38.3 Å². The minimum Gasteiger partial charge on any atom is -0.497 e. The molecule has 88 valence electrons. The molecule has 0 aromatic heterocycles. The summed E-state index contributed by atoms with van der Waals surface area (Å²) in [5, 5.41) is 3.18. The van der Waals surface area contributed by atoms with Gasteiger partial charge in [0.25, 0.3) is 0 Å². The maximum absolute atomic E-state index is 11.9. The largest absolute Gasteiger partial charge is 0.497 e. The number of hydrogen-bond acceptors (Lipinski definition) is 3. The minimum absolute atomic E-state index is 0.121. The molecule has 0 fully saturated rings. The molecule has 0 bridgehead atoms. The van der Waals surface area contributed by atoms with Crippen LogP contribution in [-0.4, -0.2) is 25.5 Å². The van der Waals surface area contributed by atoms with Gasteiger partial charge in [0, 0.05) is 5.56 Å². The summed E-state index contributed by atoms with van der Waals surface area (Å²) in [4.78, 5) is 11.9. The summed E-state index contributed by atoms with van der Waals surface area (Å²) in [6, 6.07) is 7.07. The van der Waals surface area contributed by atoms with Gasteiger partial charge in [0.1, 0.15) is 5.75 Å². The molecule has 3 nitrogen and oxygen atoms in total. The fourth-order valence-electron chi connectivity index (χ4n) is 1.46. The number of Topliss-reactive ketones (excluding diaryl/α,β-unsaturated/α-hetero) is 1. The van der Waals surface area contributed by atoms with Crippen LogP contribution in [0, 0.1) is 0 Å². The zero-order chi connectivity index (χ0) is 12.0. The van der Waals surface area contributed by atoms with Crippen LogP contribution in [0.2, 0.25) is 0 Å². The van der Waals surface area contributed by atoms with Gasteiger partial charge in [-0.15, -0.1) is 0 Å². The lowest BCUT2D eigenvalue weighted by Gasteiger charge is -2.12. The fraction of sp³-hybridized carbons (Fsp3) is 0.462. The van der Waals surface area contributed by atoms with Crippen LogP contribution in [0.4, 0.5) is 0 Å². The predicted octanol–water partition coefficient (Wildman–Crippen LogP) is 2.27. The van der Waals surface area contributed by atoms with Crippen LogP contribution < -0.4 is 10.1 Å². The Morgan fingerprint density at radius 2 is 2.00 bits per heavy atom. The Bertz CT molecular complexity index is 332. The molecule has 1 rings (SSSR count). The highest BCUT2D eigenvalue weighted by Gasteiger charge is 2.13. The van der Waals surface area contributed by atoms with Crippen LogP contribution in [0.25, 0.3) is 0 Å². The molecular formula is C13H19NO2. The first-order valence-corrected chi connectivity index (χ1v) is 5.60. The Hall–Kier alpha value is -1.35. The number of hydrogen-bond donors (Lipinski definition) is 1. The van der Waals surface area contributed by atoms with Crippen molar-refractivity contribution < 1.29 is 9.53 Å². The van der Waals surface area contributed by atoms with Crippen molar-refractivity contribution in [3.8, 4) is 5.75 Å². The van der Waals surface area contributed by atoms with Crippen molar-refractivity contribution in [3.05, 3.63) is 29.8 Å². The smallest absolute Gasteiger partial charge is 0.179 e. The Balaban J connectivity index is 2.64. The second-order valence-electron chi connectivity index (χ2n) is 3.77. The number of methoxy groups -OCH3 is 1. The number of nitrogens with one attached hydrogen (secondary N) is 1. The van der Waals surface area contributed by atoms with Crippen molar-refractivity contribution >= 4 is 5.78 Å². The van der Waals surface area contributed by atoms with E-state index in [2.05, 4.69) is 12.2 Å². The van der Waals surface area contributed by atoms with Crippen molar-refractivity contribution in [2.45, 2.75) is 26.3 Å². The highest BCUT2D eigenvalue weighted by molar-refractivity contribution is 5.99. The van der Waals surface area contributed by atoms with E-state index in [0.717, 1.165) is 24.3 Å². The van der Waals surface area contributed by atoms with Gasteiger partial charge in [-0.05, 0) is 44.2 Å². The van der Waals surface area contributed by atoms with E-state index in [1.165, 1.54) is 0 Å². The Kier molecular flexibility index (Phi) is 4.99. The summed E-state index contributed by atoms with van der Waals surface area (Å²) in [5.41, 5.74) is 0.719. The highest BCUT2D eigenvalue weighted by Crippen LogP contribution is 2.12. The SMILES string of the molecule is CCCNC(C)C(=O)c1ccc(OC)cc1. The zero-order valence-electron chi connectivity index (χ0n) is 10.1. The maximum Gasteiger partial charge on any atom is 0.179 e. The number of ether oxygens (including phenoxy) is 1. The average Bonchev–Trinajstić information content (AvgIpc) is 2.35. The molecule has 0 spiro atoms. The molecule has 1 N–H and O–H groups in total. The van der Waals surface area contributed by atoms with E-state index in [4.69, 9.17) is 4.74 Å². The van der Waals surface area contributed by atoms with Gasteiger partial charge in [-0.2, -0.15) is 0 Å². The molecule has 0 aliphatic rings. The van der Waals surface area contributed by atoms with Gasteiger partial charge in [0.15, 0.2) is 5.78 Å². The highest BCUT2D eigenvalue weighted by atomic mass is 16.5. The lowest BCUT2D eigenvalue weighted by molar-refractivity contribution is 0.0951. The Morgan fingerprint density at radius 3 is 2.50 bits per heavy atom. The monoisotopic (exact) mass is 221 g/mol. The van der Waals surface area contributed by atoms with Crippen molar-refractivity contribution in [1.29, 1.82) is 0 Å². The molecule has 1 aromatic carbocycles. The van der Waals surface area contributed by atoms with Gasteiger partial charge in [0.2, 0.25) is 0 Å². The van der Waals surface area contributed by atoms with E-state index in [0.29, 0.717) is 0 Å². The third-order valence-corrected chi connectivity index (χ3v) is 2.47. The molecule has 1 unspecified atom stereocenters. The number of benzene rings is 1. The number of carbonyl (C=O) groups excluding carboxylic acids is 1. The minimum atomic E-state index is -0.131. The lowest BCUT2D eigenvalue weighted by Crippen LogP contribution is -2.34. The zero-order valence-corrected chi connectivity index (χ0v) is 10.1. The van der Waals surface area contributed by atoms with Gasteiger partial charge in [-0.25, -0.2) is 0 Å². The molecule has 16 heavy (non-hydrogen) atoms. The van der Waals surface area contributed by atoms with Gasteiger partial charge >= 0.3 is 0 Å². The molecule has 0 saturated carbocycles. The molecule has 0 heterocycles. The predicted molar refractivity (Wildman–Crippen MR) is 65.1 cm³/mol. The summed E-state index contributed by atoms with van der Waals surface area (Å²) in [5.74, 6) is 0.891. The first kappa shape index (κ1) is 12.7. The summed E-state index contributed by atoms with van der Waals surface area (Å²) < 4.78 is 5.05. The van der Waals surface area contributed by atoms with E-state index in [1.54, 1.807) is 31.4 Å². The molecule has 1 aromatic rings. The Labute approximate surface area is 96.8 Å². The summed E-state index contributed by atoms with van der Waals surface area (Å²) >= 11 is 0. The summed E-state index contributed by atoms with van der Waals surface area (Å²) in [6.45, 7) is 4.84. The number of rotatable bonds is 6. The fourth-order valence-corrected chi connectivity index (χ4v) is 1.46. The first-order chi connectivity index (χ1) is 7.69. The normalized spacial score (nSPS) is 12.2. The van der Waals surface area contributed by atoms with Gasteiger partial charge < -0.3 is 10.1 Å². The second-order valence-corrected chi connectivity index (χ2v) is 3.77. The summed E-state index contributed by atoms with van der Waals surface area (Å²) in [6.07, 6.45) is 1.03. The van der Waals surface area contributed by atoms with Crippen molar-refractivity contribution in [2.75, 3.05) is 13.7 Å². The van der Waals surface area contributed by atoms with Crippen LogP contribution in [0.1, 0.15) is 30.6 Å². The first-order valence-electron chi connectivity index (χ1n) is 5.60. The average molecular weight is 221 g/mol. The molecular weight excluding hydrogens is 202 g/mol. The second kappa shape index (κ2) is 6.28. The van der Waals surface area contributed by atoms with Crippen LogP contribution in [0.15, 0.2) is 24.3 Å². The standard InChI is InChI=1S/C13H19NO2/c1-4-9-14-10(2)13(15)11-5-7-12(16-3)8-6-11/h5-8,10,14H,4,9H2,1-3H3. The molecule has 0 radical (unpaired) electrons. The third kappa shape index (κ3) is 3.35. The van der Waals surface area contributed by atoms with E-state index in [-0.39, 0.29) is 11.8 Å². The molecule has 3 heteroatoms. The maximum atomic E-state index is 11.9. The number of ketones is 1. The molecule has 0 aliphatic heterocycles. The van der Waals surface area contributed by atoms with E-state index in [1.807, 2.05) is 6.92 Å². The van der Waals surface area contributed by atoms with Crippen LogP contribution >= 0.6 is 0 Å².